The summed E-state index contributed by atoms with van der Waals surface area (Å²) in [4.78, 5) is 32.1. The minimum atomic E-state index is -4.04. The SMILES string of the molecule is CCC(CC(C)P(=O)(O)O)N1CCCCCC1=O. The van der Waals surface area contributed by atoms with Gasteiger partial charge in [-0.2, -0.15) is 0 Å². The Balaban J connectivity index is 2.69. The summed E-state index contributed by atoms with van der Waals surface area (Å²) >= 11 is 0. The van der Waals surface area contributed by atoms with Crippen molar-refractivity contribution in [3.63, 3.8) is 0 Å². The Morgan fingerprint density at radius 3 is 2.56 bits per heavy atom. The van der Waals surface area contributed by atoms with Crippen molar-refractivity contribution >= 4 is 13.5 Å². The maximum atomic E-state index is 12.0. The van der Waals surface area contributed by atoms with E-state index >= 15 is 0 Å². The summed E-state index contributed by atoms with van der Waals surface area (Å²) in [5.74, 6) is 0.136. The van der Waals surface area contributed by atoms with Crippen molar-refractivity contribution in [2.45, 2.75) is 64.1 Å². The number of carbonyl (C=O) groups is 1. The zero-order valence-corrected chi connectivity index (χ0v) is 12.1. The van der Waals surface area contributed by atoms with Crippen LogP contribution in [-0.4, -0.2) is 38.8 Å². The second-order valence-corrected chi connectivity index (χ2v) is 7.19. The topological polar surface area (TPSA) is 77.8 Å². The molecule has 1 heterocycles. The predicted molar refractivity (Wildman–Crippen MR) is 70.4 cm³/mol. The summed E-state index contributed by atoms with van der Waals surface area (Å²) in [5.41, 5.74) is -0.682. The first-order chi connectivity index (χ1) is 8.36. The van der Waals surface area contributed by atoms with Crippen molar-refractivity contribution in [3.8, 4) is 0 Å². The van der Waals surface area contributed by atoms with E-state index in [1.54, 1.807) is 6.92 Å². The van der Waals surface area contributed by atoms with E-state index in [-0.39, 0.29) is 11.9 Å². The highest BCUT2D eigenvalue weighted by molar-refractivity contribution is 7.52. The molecular formula is C12H24NO4P. The molecule has 0 saturated carbocycles. The van der Waals surface area contributed by atoms with Crippen molar-refractivity contribution in [2.24, 2.45) is 0 Å². The fourth-order valence-electron chi connectivity index (χ4n) is 2.44. The number of rotatable bonds is 5. The lowest BCUT2D eigenvalue weighted by molar-refractivity contribution is -0.133. The zero-order valence-electron chi connectivity index (χ0n) is 11.2. The van der Waals surface area contributed by atoms with Crippen LogP contribution in [-0.2, 0) is 9.36 Å². The van der Waals surface area contributed by atoms with Gasteiger partial charge in [-0.3, -0.25) is 9.36 Å². The van der Waals surface area contributed by atoms with Crippen LogP contribution in [0.1, 0.15) is 52.4 Å². The monoisotopic (exact) mass is 277 g/mol. The third kappa shape index (κ3) is 4.38. The molecule has 2 N–H and O–H groups in total. The van der Waals surface area contributed by atoms with Crippen LogP contribution in [0.2, 0.25) is 0 Å². The molecule has 5 nitrogen and oxygen atoms in total. The number of hydrogen-bond donors (Lipinski definition) is 2. The molecule has 6 heteroatoms. The van der Waals surface area contributed by atoms with Gasteiger partial charge in [0.15, 0.2) is 0 Å². The number of amides is 1. The van der Waals surface area contributed by atoms with Gasteiger partial charge in [-0.1, -0.05) is 20.3 Å². The fraction of sp³-hybridized carbons (Fsp3) is 0.917. The first-order valence-corrected chi connectivity index (χ1v) is 8.39. The van der Waals surface area contributed by atoms with Crippen LogP contribution in [0.3, 0.4) is 0 Å². The first-order valence-electron chi connectivity index (χ1n) is 6.71. The normalized spacial score (nSPS) is 21.6. The van der Waals surface area contributed by atoms with Crippen LogP contribution in [0, 0.1) is 0 Å². The average molecular weight is 277 g/mol. The molecule has 0 aromatic carbocycles. The second kappa shape index (κ2) is 6.69. The molecule has 0 spiro atoms. The summed E-state index contributed by atoms with van der Waals surface area (Å²) < 4.78 is 11.2. The van der Waals surface area contributed by atoms with Gasteiger partial charge >= 0.3 is 7.60 Å². The van der Waals surface area contributed by atoms with Gasteiger partial charge in [0, 0.05) is 19.0 Å². The Labute approximate surface area is 109 Å². The molecule has 0 aromatic heterocycles. The molecule has 0 bridgehead atoms. The fourth-order valence-corrected chi connectivity index (χ4v) is 2.95. The van der Waals surface area contributed by atoms with E-state index in [9.17, 15) is 9.36 Å². The van der Waals surface area contributed by atoms with Crippen LogP contribution >= 0.6 is 7.60 Å². The van der Waals surface area contributed by atoms with Crippen molar-refractivity contribution in [1.29, 1.82) is 0 Å². The van der Waals surface area contributed by atoms with Gasteiger partial charge < -0.3 is 14.7 Å². The molecule has 1 aliphatic rings. The van der Waals surface area contributed by atoms with Crippen LogP contribution in [0.25, 0.3) is 0 Å². The molecule has 1 rings (SSSR count). The van der Waals surface area contributed by atoms with Gasteiger partial charge in [-0.25, -0.2) is 0 Å². The third-order valence-corrected chi connectivity index (χ3v) is 5.07. The summed E-state index contributed by atoms with van der Waals surface area (Å²) in [5, 5.41) is 0. The van der Waals surface area contributed by atoms with Crippen LogP contribution in [0.5, 0.6) is 0 Å². The molecule has 1 saturated heterocycles. The van der Waals surface area contributed by atoms with Gasteiger partial charge in [0.2, 0.25) is 5.91 Å². The largest absolute Gasteiger partial charge is 0.340 e. The van der Waals surface area contributed by atoms with E-state index in [0.717, 1.165) is 32.2 Å². The molecule has 106 valence electrons. The number of carbonyl (C=O) groups excluding carboxylic acids is 1. The van der Waals surface area contributed by atoms with E-state index in [4.69, 9.17) is 9.79 Å². The van der Waals surface area contributed by atoms with E-state index < -0.39 is 13.3 Å². The third-order valence-electron chi connectivity index (χ3n) is 3.71. The molecule has 2 unspecified atom stereocenters. The van der Waals surface area contributed by atoms with Crippen LogP contribution in [0.4, 0.5) is 0 Å². The van der Waals surface area contributed by atoms with Gasteiger partial charge in [0.1, 0.15) is 0 Å². The van der Waals surface area contributed by atoms with Crippen LogP contribution in [0.15, 0.2) is 0 Å². The van der Waals surface area contributed by atoms with Crippen LogP contribution < -0.4 is 0 Å². The van der Waals surface area contributed by atoms with E-state index in [1.807, 2.05) is 11.8 Å². The lowest BCUT2D eigenvalue weighted by Gasteiger charge is -2.32. The number of nitrogens with zero attached hydrogens (tertiary/aromatic N) is 1. The van der Waals surface area contributed by atoms with E-state index in [1.165, 1.54) is 0 Å². The predicted octanol–water partition coefficient (Wildman–Crippen LogP) is 2.12. The molecule has 2 atom stereocenters. The average Bonchev–Trinajstić information content (AvgIpc) is 2.49. The maximum Gasteiger partial charge on any atom is 0.328 e. The zero-order chi connectivity index (χ0) is 13.8. The Kier molecular flexibility index (Phi) is 5.83. The summed E-state index contributed by atoms with van der Waals surface area (Å²) in [6.45, 7) is 4.26. The lowest BCUT2D eigenvalue weighted by Crippen LogP contribution is -2.41. The highest BCUT2D eigenvalue weighted by Gasteiger charge is 2.31. The van der Waals surface area contributed by atoms with Crippen molar-refractivity contribution < 1.29 is 19.1 Å². The Morgan fingerprint density at radius 2 is 2.00 bits per heavy atom. The minimum absolute atomic E-state index is 0.0433. The molecule has 0 aromatic rings. The van der Waals surface area contributed by atoms with Gasteiger partial charge in [-0.15, -0.1) is 0 Å². The highest BCUT2D eigenvalue weighted by Crippen LogP contribution is 2.43. The van der Waals surface area contributed by atoms with E-state index in [0.29, 0.717) is 12.8 Å². The Morgan fingerprint density at radius 1 is 1.33 bits per heavy atom. The van der Waals surface area contributed by atoms with Gasteiger partial charge in [0.05, 0.1) is 5.66 Å². The second-order valence-electron chi connectivity index (χ2n) is 5.13. The Hall–Kier alpha value is -0.380. The van der Waals surface area contributed by atoms with Crippen molar-refractivity contribution in [2.75, 3.05) is 6.54 Å². The minimum Gasteiger partial charge on any atom is -0.340 e. The molecule has 0 aliphatic carbocycles. The first kappa shape index (κ1) is 15.7. The summed E-state index contributed by atoms with van der Waals surface area (Å²) in [6, 6.07) is -0.0433. The Bertz CT molecular complexity index is 328. The van der Waals surface area contributed by atoms with Gasteiger partial charge in [-0.05, 0) is 25.7 Å². The van der Waals surface area contributed by atoms with Crippen molar-refractivity contribution in [3.05, 3.63) is 0 Å². The molecule has 0 radical (unpaired) electrons. The standard InChI is InChI=1S/C12H24NO4P/c1-3-11(9-10(2)18(15,16)17)13-8-6-4-5-7-12(13)14/h10-11H,3-9H2,1-2H3,(H2,15,16,17). The lowest BCUT2D eigenvalue weighted by atomic mass is 10.1. The maximum absolute atomic E-state index is 12.0. The van der Waals surface area contributed by atoms with Crippen molar-refractivity contribution in [1.82, 2.24) is 4.90 Å². The van der Waals surface area contributed by atoms with Gasteiger partial charge in [0.25, 0.3) is 0 Å². The summed E-state index contributed by atoms with van der Waals surface area (Å²) in [6.07, 6.45) is 4.68. The smallest absolute Gasteiger partial charge is 0.328 e. The summed E-state index contributed by atoms with van der Waals surface area (Å²) in [7, 11) is -4.04. The van der Waals surface area contributed by atoms with E-state index in [2.05, 4.69) is 0 Å². The molecule has 1 aliphatic heterocycles. The highest BCUT2D eigenvalue weighted by atomic mass is 31.2. The number of hydrogen-bond acceptors (Lipinski definition) is 2. The molecule has 18 heavy (non-hydrogen) atoms. The molecule has 1 amide bonds. The molecule has 1 fully saturated rings. The quantitative estimate of drug-likeness (QED) is 0.755. The number of likely N-dealkylation sites (tertiary alicyclic amines) is 1. The molecular weight excluding hydrogens is 253 g/mol.